The average molecular weight is 652 g/mol. The lowest BCUT2D eigenvalue weighted by Gasteiger charge is -2.37. The van der Waals surface area contributed by atoms with Crippen molar-refractivity contribution in [1.29, 1.82) is 10.5 Å². The monoisotopic (exact) mass is 651 g/mol. The fourth-order valence-corrected chi connectivity index (χ4v) is 5.84. The van der Waals surface area contributed by atoms with Gasteiger partial charge in [0.25, 0.3) is 5.91 Å². The maximum absolute atomic E-state index is 14.9. The summed E-state index contributed by atoms with van der Waals surface area (Å²) in [6.07, 6.45) is 0.210. The van der Waals surface area contributed by atoms with Gasteiger partial charge in [-0.2, -0.15) is 10.5 Å². The van der Waals surface area contributed by atoms with Crippen LogP contribution in [0.4, 0.5) is 24.8 Å². The van der Waals surface area contributed by atoms with Crippen LogP contribution in [0.3, 0.4) is 0 Å². The zero-order valence-corrected chi connectivity index (χ0v) is 24.3. The Hall–Kier alpha value is -5.01. The molecule has 1 aliphatic heterocycles. The lowest BCUT2D eigenvalue weighted by molar-refractivity contribution is -0.128. The summed E-state index contributed by atoms with van der Waals surface area (Å²) in [4.78, 5) is 52.0. The number of rotatable bonds is 7. The van der Waals surface area contributed by atoms with E-state index in [9.17, 15) is 38.1 Å². The molecular weight excluding hydrogens is 623 g/mol. The number of nitrogens with one attached hydrogen (secondary N) is 1. The molecule has 10 nitrogen and oxygen atoms in total. The summed E-state index contributed by atoms with van der Waals surface area (Å²) in [6.45, 7) is 0. The lowest BCUT2D eigenvalue weighted by Crippen LogP contribution is -2.53. The zero-order chi connectivity index (χ0) is 32.3. The van der Waals surface area contributed by atoms with E-state index in [1.807, 2.05) is 12.1 Å². The highest BCUT2D eigenvalue weighted by Gasteiger charge is 2.45. The average Bonchev–Trinajstić information content (AvgIpc) is 3.41. The van der Waals surface area contributed by atoms with Gasteiger partial charge in [0.15, 0.2) is 0 Å². The molecular formula is C32H29ClF3N7O3. The van der Waals surface area contributed by atoms with Crippen LogP contribution < -0.4 is 15.1 Å². The molecule has 0 bridgehead atoms. The summed E-state index contributed by atoms with van der Waals surface area (Å²) in [5.41, 5.74) is -0.261. The van der Waals surface area contributed by atoms with Gasteiger partial charge in [-0.15, -0.1) is 0 Å². The van der Waals surface area contributed by atoms with Gasteiger partial charge in [0.2, 0.25) is 23.7 Å². The molecule has 0 radical (unpaired) electrons. The third-order valence-corrected chi connectivity index (χ3v) is 8.11. The highest BCUT2D eigenvalue weighted by Crippen LogP contribution is 2.38. The van der Waals surface area contributed by atoms with Crippen LogP contribution in [-0.4, -0.2) is 45.7 Å². The van der Waals surface area contributed by atoms with Gasteiger partial charge in [0.1, 0.15) is 29.7 Å². The minimum atomic E-state index is -2.86. The van der Waals surface area contributed by atoms with Crippen molar-refractivity contribution in [3.63, 3.8) is 0 Å². The summed E-state index contributed by atoms with van der Waals surface area (Å²) in [7, 11) is 0. The van der Waals surface area contributed by atoms with E-state index in [0.717, 1.165) is 21.9 Å². The Morgan fingerprint density at radius 1 is 1.09 bits per heavy atom. The number of hydrogen-bond acceptors (Lipinski definition) is 7. The van der Waals surface area contributed by atoms with Gasteiger partial charge in [-0.05, 0) is 49.6 Å². The quantitative estimate of drug-likeness (QED) is 0.350. The van der Waals surface area contributed by atoms with Crippen molar-refractivity contribution in [3.05, 3.63) is 82.4 Å². The highest BCUT2D eigenvalue weighted by molar-refractivity contribution is 6.31. The van der Waals surface area contributed by atoms with E-state index in [0.29, 0.717) is 0 Å². The molecule has 1 saturated carbocycles. The highest BCUT2D eigenvalue weighted by atomic mass is 35.5. The number of benzene rings is 2. The van der Waals surface area contributed by atoms with Gasteiger partial charge in [-0.25, -0.2) is 23.1 Å². The second-order valence-electron chi connectivity index (χ2n) is 10.8. The van der Waals surface area contributed by atoms with Crippen LogP contribution in [0.5, 0.6) is 0 Å². The van der Waals surface area contributed by atoms with Crippen molar-refractivity contribution < 1.29 is 27.6 Å². The van der Waals surface area contributed by atoms with Crippen molar-refractivity contribution >= 4 is 41.0 Å². The smallest absolute Gasteiger partial charge is 0.251 e. The standard InChI is InChI=1S/C31H25ClF3N7O3.CH4/c32-24-4-2-1-3-23(24)27(28(44)39-20-7-10-31(34,35)11-8-20)41(22-14-18(16-36)13-19(33)15-22)29(45)25-5-6-26(43)42(25)30-38-12-9-21(17-37)40-30;/h1-4,9,12-15,20,25,27H,5-8,10-11H2,(H,39,44);1H4/t25-,27-;/m0./s1. The van der Waals surface area contributed by atoms with E-state index in [2.05, 4.69) is 15.3 Å². The Morgan fingerprint density at radius 3 is 2.48 bits per heavy atom. The summed E-state index contributed by atoms with van der Waals surface area (Å²) >= 11 is 6.55. The van der Waals surface area contributed by atoms with E-state index in [1.54, 1.807) is 12.1 Å². The molecule has 238 valence electrons. The van der Waals surface area contributed by atoms with Gasteiger partial charge in [-0.3, -0.25) is 24.2 Å². The molecule has 46 heavy (non-hydrogen) atoms. The van der Waals surface area contributed by atoms with Crippen molar-refractivity contribution in [2.24, 2.45) is 0 Å². The zero-order valence-electron chi connectivity index (χ0n) is 23.6. The second-order valence-corrected chi connectivity index (χ2v) is 11.2. The molecule has 1 saturated heterocycles. The topological polar surface area (TPSA) is 143 Å². The Kier molecular flexibility index (Phi) is 10.3. The first-order valence-corrected chi connectivity index (χ1v) is 14.4. The number of anilines is 2. The Balaban J connectivity index is 0.00000480. The summed E-state index contributed by atoms with van der Waals surface area (Å²) < 4.78 is 42.7. The van der Waals surface area contributed by atoms with Crippen LogP contribution in [0.15, 0.2) is 54.7 Å². The number of nitrogens with zero attached hydrogens (tertiary/aromatic N) is 6. The summed E-state index contributed by atoms with van der Waals surface area (Å²) in [5, 5.41) is 21.8. The van der Waals surface area contributed by atoms with Crippen LogP contribution in [-0.2, 0) is 14.4 Å². The molecule has 3 amide bonds. The SMILES string of the molecule is C.N#Cc1cc(F)cc(N(C(=O)[C@@H]2CCC(=O)N2c2nccc(C#N)n2)[C@H](C(=O)NC2CCC(F)(F)CC2)c2ccccc2Cl)c1. The van der Waals surface area contributed by atoms with Crippen molar-refractivity contribution in [2.75, 3.05) is 9.80 Å². The number of amides is 3. The molecule has 2 atom stereocenters. The first-order chi connectivity index (χ1) is 21.5. The number of alkyl halides is 2. The van der Waals surface area contributed by atoms with Crippen molar-refractivity contribution in [3.8, 4) is 12.1 Å². The Morgan fingerprint density at radius 2 is 1.80 bits per heavy atom. The van der Waals surface area contributed by atoms with E-state index < -0.39 is 60.4 Å². The molecule has 2 aromatic carbocycles. The van der Waals surface area contributed by atoms with Crippen molar-refractivity contribution in [2.45, 2.75) is 70.0 Å². The van der Waals surface area contributed by atoms with E-state index in [-0.39, 0.29) is 66.6 Å². The maximum atomic E-state index is 14.9. The van der Waals surface area contributed by atoms with Gasteiger partial charge in [0, 0.05) is 47.8 Å². The van der Waals surface area contributed by atoms with Crippen LogP contribution in [0.25, 0.3) is 0 Å². The number of aromatic nitrogens is 2. The van der Waals surface area contributed by atoms with Crippen LogP contribution in [0.2, 0.25) is 5.02 Å². The maximum Gasteiger partial charge on any atom is 0.251 e. The lowest BCUT2D eigenvalue weighted by atomic mass is 9.91. The molecule has 0 spiro atoms. The Labute approximate surface area is 268 Å². The molecule has 2 heterocycles. The molecule has 2 fully saturated rings. The molecule has 14 heteroatoms. The van der Waals surface area contributed by atoms with Gasteiger partial charge < -0.3 is 5.32 Å². The fourth-order valence-electron chi connectivity index (χ4n) is 5.60. The fraction of sp³-hybridized carbons (Fsp3) is 0.344. The minimum Gasteiger partial charge on any atom is -0.351 e. The Bertz CT molecular complexity index is 1730. The predicted molar refractivity (Wildman–Crippen MR) is 162 cm³/mol. The van der Waals surface area contributed by atoms with Gasteiger partial charge >= 0.3 is 0 Å². The predicted octanol–water partition coefficient (Wildman–Crippen LogP) is 5.61. The third kappa shape index (κ3) is 7.11. The number of carbonyl (C=O) groups excluding carboxylic acids is 3. The van der Waals surface area contributed by atoms with Gasteiger partial charge in [0.05, 0.1) is 11.6 Å². The normalized spacial score (nSPS) is 18.1. The van der Waals surface area contributed by atoms with Gasteiger partial charge in [-0.1, -0.05) is 37.2 Å². The largest absolute Gasteiger partial charge is 0.351 e. The number of nitriles is 2. The molecule has 0 unspecified atom stereocenters. The van der Waals surface area contributed by atoms with Crippen LogP contribution >= 0.6 is 11.6 Å². The molecule has 1 aliphatic carbocycles. The summed E-state index contributed by atoms with van der Waals surface area (Å²) in [5.74, 6) is -6.11. The first kappa shape index (κ1) is 33.9. The molecule has 1 N–H and O–H groups in total. The summed E-state index contributed by atoms with van der Waals surface area (Å²) in [6, 6.07) is 10.8. The molecule has 1 aromatic heterocycles. The number of hydrogen-bond donors (Lipinski definition) is 1. The number of carbonyl (C=O) groups is 3. The van der Waals surface area contributed by atoms with E-state index in [4.69, 9.17) is 11.6 Å². The third-order valence-electron chi connectivity index (χ3n) is 7.77. The molecule has 3 aromatic rings. The number of halogens is 4. The van der Waals surface area contributed by atoms with Crippen LogP contribution in [0.1, 0.15) is 68.8 Å². The second kappa shape index (κ2) is 14.0. The molecule has 5 rings (SSSR count). The minimum absolute atomic E-state index is 0. The first-order valence-electron chi connectivity index (χ1n) is 14.0. The van der Waals surface area contributed by atoms with Crippen LogP contribution in [0, 0.1) is 28.5 Å². The van der Waals surface area contributed by atoms with Crippen molar-refractivity contribution in [1.82, 2.24) is 15.3 Å². The van der Waals surface area contributed by atoms with E-state index >= 15 is 0 Å². The molecule has 2 aliphatic rings. The van der Waals surface area contributed by atoms with E-state index in [1.165, 1.54) is 30.5 Å².